The summed E-state index contributed by atoms with van der Waals surface area (Å²) < 4.78 is 33.7. The predicted molar refractivity (Wildman–Crippen MR) is 120 cm³/mol. The molecule has 0 aliphatic rings. The number of phenols is 1. The molecule has 0 aliphatic heterocycles. The Balaban J connectivity index is 1.88. The van der Waals surface area contributed by atoms with Gasteiger partial charge < -0.3 is 10.4 Å². The van der Waals surface area contributed by atoms with Crippen LogP contribution < -0.4 is 5.32 Å². The number of carbonyl (C=O) groups is 1. The normalized spacial score (nSPS) is 11.7. The minimum Gasteiger partial charge on any atom is -0.505 e. The van der Waals surface area contributed by atoms with Gasteiger partial charge in [-0.3, -0.25) is 9.35 Å². The molecule has 3 N–H and O–H groups in total. The number of rotatable bonds is 5. The van der Waals surface area contributed by atoms with E-state index >= 15 is 0 Å². The Hall–Kier alpha value is -4.08. The van der Waals surface area contributed by atoms with Crippen LogP contribution in [0.1, 0.15) is 10.4 Å². The van der Waals surface area contributed by atoms with Crippen molar-refractivity contribution in [2.24, 2.45) is 10.2 Å². The van der Waals surface area contributed by atoms with E-state index < -0.39 is 32.4 Å². The van der Waals surface area contributed by atoms with Crippen molar-refractivity contribution in [2.45, 2.75) is 4.90 Å². The highest BCUT2D eigenvalue weighted by atomic mass is 32.2. The molecule has 4 aromatic carbocycles. The molecule has 32 heavy (non-hydrogen) atoms. The molecule has 0 aromatic heterocycles. The monoisotopic (exact) mass is 447 g/mol. The summed E-state index contributed by atoms with van der Waals surface area (Å²) in [6.07, 6.45) is 0. The molecular formula is C23H17N3O5S. The number of benzene rings is 4. The van der Waals surface area contributed by atoms with Crippen molar-refractivity contribution in [3.05, 3.63) is 90.5 Å². The first-order valence-corrected chi connectivity index (χ1v) is 10.9. The second-order valence-electron chi connectivity index (χ2n) is 6.81. The van der Waals surface area contributed by atoms with Crippen LogP contribution in [0.4, 0.5) is 17.1 Å². The van der Waals surface area contributed by atoms with Crippen molar-refractivity contribution >= 4 is 43.9 Å². The number of hydrogen-bond acceptors (Lipinski definition) is 6. The number of amides is 1. The average Bonchev–Trinajstić information content (AvgIpc) is 2.79. The molecule has 0 saturated carbocycles. The van der Waals surface area contributed by atoms with E-state index in [2.05, 4.69) is 15.5 Å². The fraction of sp³-hybridized carbons (Fsp3) is 0. The fourth-order valence-electron chi connectivity index (χ4n) is 3.18. The van der Waals surface area contributed by atoms with E-state index in [1.54, 1.807) is 78.9 Å². The molecule has 1 amide bonds. The molecule has 160 valence electrons. The lowest BCUT2D eigenvalue weighted by Gasteiger charge is -2.13. The summed E-state index contributed by atoms with van der Waals surface area (Å²) in [6.45, 7) is 0. The Labute approximate surface area is 183 Å². The van der Waals surface area contributed by atoms with Crippen molar-refractivity contribution in [1.29, 1.82) is 0 Å². The summed E-state index contributed by atoms with van der Waals surface area (Å²) >= 11 is 0. The van der Waals surface area contributed by atoms with Gasteiger partial charge in [0.05, 0.1) is 11.4 Å². The smallest absolute Gasteiger partial charge is 0.296 e. The largest absolute Gasteiger partial charge is 0.505 e. The van der Waals surface area contributed by atoms with Gasteiger partial charge in [0.15, 0.2) is 5.75 Å². The molecule has 0 unspecified atom stereocenters. The summed E-state index contributed by atoms with van der Waals surface area (Å²) in [4.78, 5) is 12.0. The number of nitrogens with one attached hydrogen (secondary N) is 1. The molecule has 8 nitrogen and oxygen atoms in total. The average molecular weight is 447 g/mol. The lowest BCUT2D eigenvalue weighted by molar-refractivity contribution is 0.102. The van der Waals surface area contributed by atoms with E-state index in [1.807, 2.05) is 0 Å². The predicted octanol–water partition coefficient (Wildman–Crippen LogP) is 5.46. The van der Waals surface area contributed by atoms with Crippen LogP contribution in [-0.2, 0) is 10.1 Å². The van der Waals surface area contributed by atoms with E-state index in [9.17, 15) is 22.9 Å². The zero-order valence-corrected chi connectivity index (χ0v) is 17.3. The Morgan fingerprint density at radius 1 is 0.844 bits per heavy atom. The Morgan fingerprint density at radius 2 is 1.50 bits per heavy atom. The van der Waals surface area contributed by atoms with Crippen LogP contribution in [0.15, 0.2) is 100 Å². The highest BCUT2D eigenvalue weighted by molar-refractivity contribution is 7.86. The summed E-state index contributed by atoms with van der Waals surface area (Å²) in [7, 11) is -4.73. The number of nitrogens with zero attached hydrogens (tertiary/aromatic N) is 2. The minimum atomic E-state index is -4.73. The number of aromatic hydroxyl groups is 1. The summed E-state index contributed by atoms with van der Waals surface area (Å²) in [5.74, 6) is -0.956. The van der Waals surface area contributed by atoms with Gasteiger partial charge in [-0.15, -0.1) is 5.11 Å². The Morgan fingerprint density at radius 3 is 2.16 bits per heavy atom. The maximum atomic E-state index is 12.6. The fourth-order valence-corrected chi connectivity index (χ4v) is 3.84. The third kappa shape index (κ3) is 4.34. The topological polar surface area (TPSA) is 128 Å². The first-order chi connectivity index (χ1) is 15.3. The summed E-state index contributed by atoms with van der Waals surface area (Å²) in [6, 6.07) is 22.8. The highest BCUT2D eigenvalue weighted by Gasteiger charge is 2.23. The number of anilines is 1. The number of carbonyl (C=O) groups excluding carboxylic acids is 1. The molecule has 9 heteroatoms. The maximum absolute atomic E-state index is 12.6. The molecular weight excluding hydrogens is 430 g/mol. The van der Waals surface area contributed by atoms with Gasteiger partial charge in [-0.2, -0.15) is 13.5 Å². The van der Waals surface area contributed by atoms with Gasteiger partial charge in [-0.05, 0) is 41.8 Å². The van der Waals surface area contributed by atoms with E-state index in [-0.39, 0.29) is 16.5 Å². The van der Waals surface area contributed by atoms with Crippen LogP contribution in [0.2, 0.25) is 0 Å². The Bertz CT molecular complexity index is 1440. The molecule has 0 radical (unpaired) electrons. The van der Waals surface area contributed by atoms with Crippen molar-refractivity contribution in [3.8, 4) is 5.75 Å². The summed E-state index contributed by atoms with van der Waals surface area (Å²) in [5.41, 5.74) is 0.624. The molecule has 0 bridgehead atoms. The van der Waals surface area contributed by atoms with Gasteiger partial charge in [0.2, 0.25) is 0 Å². The molecule has 0 spiro atoms. The third-order valence-electron chi connectivity index (χ3n) is 4.66. The van der Waals surface area contributed by atoms with Crippen LogP contribution in [-0.4, -0.2) is 24.0 Å². The van der Waals surface area contributed by atoms with Crippen LogP contribution in [0.3, 0.4) is 0 Å². The van der Waals surface area contributed by atoms with Crippen molar-refractivity contribution in [1.82, 2.24) is 0 Å². The van der Waals surface area contributed by atoms with Gasteiger partial charge in [0.1, 0.15) is 10.6 Å². The van der Waals surface area contributed by atoms with Crippen LogP contribution in [0.25, 0.3) is 10.8 Å². The number of fused-ring (bicyclic) bond motifs is 1. The second kappa shape index (κ2) is 8.58. The van der Waals surface area contributed by atoms with Crippen molar-refractivity contribution < 1.29 is 22.9 Å². The molecule has 0 saturated heterocycles. The highest BCUT2D eigenvalue weighted by Crippen LogP contribution is 2.44. The van der Waals surface area contributed by atoms with Gasteiger partial charge >= 0.3 is 0 Å². The second-order valence-corrected chi connectivity index (χ2v) is 8.20. The minimum absolute atomic E-state index is 0.159. The van der Waals surface area contributed by atoms with Gasteiger partial charge in [0.25, 0.3) is 16.0 Å². The van der Waals surface area contributed by atoms with Gasteiger partial charge in [-0.25, -0.2) is 0 Å². The molecule has 4 aromatic rings. The SMILES string of the molecule is O=C(Nc1cccc2cc(S(=O)(=O)O)c(N=Nc3ccccc3)c(O)c12)c1ccccc1. The van der Waals surface area contributed by atoms with E-state index in [1.165, 1.54) is 6.07 Å². The lowest BCUT2D eigenvalue weighted by atomic mass is 10.1. The van der Waals surface area contributed by atoms with Gasteiger partial charge in [-0.1, -0.05) is 48.5 Å². The van der Waals surface area contributed by atoms with Gasteiger partial charge in [0, 0.05) is 10.9 Å². The van der Waals surface area contributed by atoms with Crippen molar-refractivity contribution in [2.75, 3.05) is 5.32 Å². The zero-order chi connectivity index (χ0) is 22.7. The Kier molecular flexibility index (Phi) is 5.67. The maximum Gasteiger partial charge on any atom is 0.296 e. The third-order valence-corrected chi connectivity index (χ3v) is 5.53. The standard InChI is InChI=1S/C23H17N3O5S/c27-22-20-16(10-7-13-18(20)24-23(28)15-8-3-1-4-9-15)14-19(32(29,30)31)21(22)26-25-17-11-5-2-6-12-17/h1-14,27H,(H,24,28)(H,29,30,31). The number of hydrogen-bond donors (Lipinski definition) is 3. The molecule has 0 fully saturated rings. The van der Waals surface area contributed by atoms with E-state index in [4.69, 9.17) is 0 Å². The van der Waals surface area contributed by atoms with Crippen LogP contribution >= 0.6 is 0 Å². The summed E-state index contributed by atoms with van der Waals surface area (Å²) in [5, 5.41) is 22.0. The first-order valence-electron chi connectivity index (χ1n) is 9.44. The molecule has 4 rings (SSSR count). The van der Waals surface area contributed by atoms with Crippen LogP contribution in [0, 0.1) is 0 Å². The lowest BCUT2D eigenvalue weighted by Crippen LogP contribution is -2.12. The molecule has 0 atom stereocenters. The van der Waals surface area contributed by atoms with Crippen molar-refractivity contribution in [3.63, 3.8) is 0 Å². The number of phenolic OH excluding ortho intramolecular Hbond substituents is 1. The van der Waals surface area contributed by atoms with Crippen LogP contribution in [0.5, 0.6) is 5.75 Å². The first kappa shape index (κ1) is 21.2. The molecule has 0 heterocycles. The van der Waals surface area contributed by atoms with E-state index in [0.29, 0.717) is 11.3 Å². The number of azo groups is 1. The van der Waals surface area contributed by atoms with E-state index in [0.717, 1.165) is 0 Å². The molecule has 0 aliphatic carbocycles. The zero-order valence-electron chi connectivity index (χ0n) is 16.5. The quantitative estimate of drug-likeness (QED) is 0.276.